The van der Waals surface area contributed by atoms with Gasteiger partial charge in [-0.3, -0.25) is 0 Å². The van der Waals surface area contributed by atoms with Crippen molar-refractivity contribution in [2.24, 2.45) is 0 Å². The molecule has 0 aliphatic rings. The summed E-state index contributed by atoms with van der Waals surface area (Å²) in [5.41, 5.74) is 0. The Kier molecular flexibility index (Phi) is 14.8. The Balaban J connectivity index is 4.20. The van der Waals surface area contributed by atoms with E-state index < -0.39 is 37.1 Å². The second-order valence-corrected chi connectivity index (χ2v) is 23.0. The van der Waals surface area contributed by atoms with Crippen LogP contribution in [0.1, 0.15) is 51.9 Å². The van der Waals surface area contributed by atoms with E-state index in [4.69, 9.17) is 17.7 Å². The molecule has 0 amide bonds. The molecule has 0 aromatic carbocycles. The first-order valence-corrected chi connectivity index (χ1v) is 21.0. The summed E-state index contributed by atoms with van der Waals surface area (Å²) in [5, 5.41) is 0. The molecule has 31 heavy (non-hydrogen) atoms. The van der Waals surface area contributed by atoms with Crippen LogP contribution in [-0.4, -0.2) is 50.3 Å². The molecule has 0 aromatic heterocycles. The molecule has 0 unspecified atom stereocenters. The van der Waals surface area contributed by atoms with Gasteiger partial charge in [0.1, 0.15) is 0 Å². The maximum Gasteiger partial charge on any atom is 0.331 e. The molecule has 0 aliphatic carbocycles. The van der Waals surface area contributed by atoms with Crippen LogP contribution in [0.5, 0.6) is 0 Å². The molecule has 0 bridgehead atoms. The maximum atomic E-state index is 11.9. The fourth-order valence-electron chi connectivity index (χ4n) is 3.27. The number of rotatable bonds is 17. The van der Waals surface area contributed by atoms with Crippen molar-refractivity contribution < 1.29 is 27.3 Å². The second kappa shape index (κ2) is 15.2. The van der Waals surface area contributed by atoms with Gasteiger partial charge in [-0.25, -0.2) is 9.59 Å². The van der Waals surface area contributed by atoms with Crippen LogP contribution in [0.3, 0.4) is 0 Å². The van der Waals surface area contributed by atoms with Crippen molar-refractivity contribution in [3.05, 3.63) is 12.2 Å². The van der Waals surface area contributed by atoms with Gasteiger partial charge < -0.3 is 17.7 Å². The average molecular weight is 491 g/mol. The third kappa shape index (κ3) is 19.6. The summed E-state index contributed by atoms with van der Waals surface area (Å²) in [6.45, 7) is 18.0. The lowest BCUT2D eigenvalue weighted by atomic mass is 10.1. The van der Waals surface area contributed by atoms with Crippen molar-refractivity contribution in [3.63, 3.8) is 0 Å². The summed E-state index contributed by atoms with van der Waals surface area (Å²) in [7, 11) is -5.79. The van der Waals surface area contributed by atoms with Crippen LogP contribution in [0.15, 0.2) is 12.2 Å². The minimum Gasteiger partial charge on any atom is -0.463 e. The lowest BCUT2D eigenvalue weighted by molar-refractivity contribution is -0.140. The molecule has 182 valence electrons. The summed E-state index contributed by atoms with van der Waals surface area (Å²) in [5.74, 6) is -1.03. The van der Waals surface area contributed by atoms with E-state index in [2.05, 4.69) is 52.8 Å². The minimum atomic E-state index is -2.32. The van der Waals surface area contributed by atoms with Crippen LogP contribution in [0, 0.1) is 0 Å². The first-order chi connectivity index (χ1) is 14.3. The normalized spacial score (nSPS) is 12.9. The van der Waals surface area contributed by atoms with E-state index in [-0.39, 0.29) is 6.61 Å². The standard InChI is InChI=1S/C22H46O6Si3/c1-9-10-11-12-13-14-18-25-21(23)16-17-22(24)26-19-15-20-31(8,27-29(2,3)4)28-30(5,6)7/h16-17H,9-15,18-20H2,1-8H3/b17-16+. The van der Waals surface area contributed by atoms with E-state index in [1.807, 2.05) is 0 Å². The van der Waals surface area contributed by atoms with Gasteiger partial charge in [-0.15, -0.1) is 0 Å². The molecule has 0 rings (SSSR count). The van der Waals surface area contributed by atoms with E-state index in [0.717, 1.165) is 31.0 Å². The molecule has 0 aromatic rings. The predicted molar refractivity (Wildman–Crippen MR) is 134 cm³/mol. The summed E-state index contributed by atoms with van der Waals surface area (Å²) >= 11 is 0. The molecule has 0 spiro atoms. The Bertz CT molecular complexity index is 536. The molecule has 0 heterocycles. The average Bonchev–Trinajstić information content (AvgIpc) is 2.59. The predicted octanol–water partition coefficient (Wildman–Crippen LogP) is 6.15. The highest BCUT2D eigenvalue weighted by atomic mass is 28.5. The van der Waals surface area contributed by atoms with Gasteiger partial charge in [-0.2, -0.15) is 0 Å². The summed E-state index contributed by atoms with van der Waals surface area (Å²) in [6, 6.07) is 0.777. The summed E-state index contributed by atoms with van der Waals surface area (Å²) in [6.07, 6.45) is 9.74. The Morgan fingerprint density at radius 1 is 0.645 bits per heavy atom. The third-order valence-corrected chi connectivity index (χ3v) is 13.8. The largest absolute Gasteiger partial charge is 0.463 e. The van der Waals surface area contributed by atoms with Crippen LogP contribution in [0.4, 0.5) is 0 Å². The van der Waals surface area contributed by atoms with Gasteiger partial charge in [0.05, 0.1) is 13.2 Å². The van der Waals surface area contributed by atoms with E-state index in [1.165, 1.54) is 25.7 Å². The SMILES string of the molecule is CCCCCCCCOC(=O)/C=C/C(=O)OCCC[Si](C)(O[Si](C)(C)C)O[Si](C)(C)C. The van der Waals surface area contributed by atoms with Gasteiger partial charge >= 0.3 is 20.5 Å². The number of hydrogen-bond donors (Lipinski definition) is 0. The highest BCUT2D eigenvalue weighted by molar-refractivity contribution is 6.87. The summed E-state index contributed by atoms with van der Waals surface area (Å²) in [4.78, 5) is 23.5. The Morgan fingerprint density at radius 3 is 1.52 bits per heavy atom. The molecule has 0 fully saturated rings. The van der Waals surface area contributed by atoms with Crippen molar-refractivity contribution in [2.75, 3.05) is 13.2 Å². The second-order valence-electron chi connectivity index (χ2n) is 10.1. The van der Waals surface area contributed by atoms with Crippen LogP contribution < -0.4 is 0 Å². The van der Waals surface area contributed by atoms with E-state index in [9.17, 15) is 9.59 Å². The molecular weight excluding hydrogens is 444 g/mol. The smallest absolute Gasteiger partial charge is 0.331 e. The van der Waals surface area contributed by atoms with Crippen LogP contribution >= 0.6 is 0 Å². The fraction of sp³-hybridized carbons (Fsp3) is 0.818. The van der Waals surface area contributed by atoms with Gasteiger partial charge in [0.15, 0.2) is 16.6 Å². The quantitative estimate of drug-likeness (QED) is 0.105. The van der Waals surface area contributed by atoms with Crippen molar-refractivity contribution in [1.29, 1.82) is 0 Å². The highest BCUT2D eigenvalue weighted by Crippen LogP contribution is 2.25. The zero-order valence-electron chi connectivity index (χ0n) is 21.2. The number of unbranched alkanes of at least 4 members (excludes halogenated alkanes) is 5. The number of ether oxygens (including phenoxy) is 2. The first-order valence-electron chi connectivity index (χ1n) is 11.7. The van der Waals surface area contributed by atoms with Crippen molar-refractivity contribution in [2.45, 2.75) is 104 Å². The van der Waals surface area contributed by atoms with Gasteiger partial charge in [-0.05, 0) is 64.7 Å². The molecule has 0 saturated heterocycles. The van der Waals surface area contributed by atoms with Crippen LogP contribution in [0.25, 0.3) is 0 Å². The van der Waals surface area contributed by atoms with E-state index in [1.54, 1.807) is 0 Å². The van der Waals surface area contributed by atoms with Gasteiger partial charge in [0, 0.05) is 12.2 Å². The molecule has 0 atom stereocenters. The lowest BCUT2D eigenvalue weighted by Crippen LogP contribution is -2.52. The number of carbonyl (C=O) groups is 2. The number of hydrogen-bond acceptors (Lipinski definition) is 6. The molecule has 0 radical (unpaired) electrons. The Morgan fingerprint density at radius 2 is 1.06 bits per heavy atom. The van der Waals surface area contributed by atoms with E-state index >= 15 is 0 Å². The molecule has 0 aliphatic heterocycles. The Hall–Kier alpha value is -0.749. The molecule has 0 saturated carbocycles. The summed E-state index contributed by atoms with van der Waals surface area (Å²) < 4.78 is 23.2. The van der Waals surface area contributed by atoms with Crippen LogP contribution in [0.2, 0.25) is 51.9 Å². The van der Waals surface area contributed by atoms with Crippen LogP contribution in [-0.2, 0) is 27.3 Å². The molecular formula is C22H46O6Si3. The topological polar surface area (TPSA) is 71.1 Å². The first kappa shape index (κ1) is 30.3. The fourth-order valence-corrected chi connectivity index (χ4v) is 15.8. The van der Waals surface area contributed by atoms with Crippen molar-refractivity contribution in [3.8, 4) is 0 Å². The minimum absolute atomic E-state index is 0.280. The third-order valence-electron chi connectivity index (χ3n) is 4.16. The monoisotopic (exact) mass is 490 g/mol. The van der Waals surface area contributed by atoms with Gasteiger partial charge in [0.25, 0.3) is 0 Å². The van der Waals surface area contributed by atoms with E-state index in [0.29, 0.717) is 13.0 Å². The zero-order valence-corrected chi connectivity index (χ0v) is 24.2. The van der Waals surface area contributed by atoms with Crippen molar-refractivity contribution >= 4 is 37.1 Å². The number of esters is 2. The molecule has 9 heteroatoms. The van der Waals surface area contributed by atoms with Gasteiger partial charge in [-0.1, -0.05) is 39.0 Å². The lowest BCUT2D eigenvalue weighted by Gasteiger charge is -2.38. The number of carbonyl (C=O) groups excluding carboxylic acids is 2. The Labute approximate surface area is 193 Å². The maximum absolute atomic E-state index is 11.9. The molecule has 0 N–H and O–H groups in total. The highest BCUT2D eigenvalue weighted by Gasteiger charge is 2.39. The zero-order chi connectivity index (χ0) is 24.0. The van der Waals surface area contributed by atoms with Gasteiger partial charge in [0.2, 0.25) is 0 Å². The molecule has 6 nitrogen and oxygen atoms in total. The van der Waals surface area contributed by atoms with Crippen molar-refractivity contribution in [1.82, 2.24) is 0 Å².